The van der Waals surface area contributed by atoms with E-state index in [2.05, 4.69) is 0 Å². The third-order valence-electron chi connectivity index (χ3n) is 2.08. The number of rotatable bonds is 1. The minimum atomic E-state index is -0.419. The van der Waals surface area contributed by atoms with E-state index in [1.807, 2.05) is 18.2 Å². The van der Waals surface area contributed by atoms with Gasteiger partial charge in [0.2, 0.25) is 11.2 Å². The number of aromatic hydroxyl groups is 1. The van der Waals surface area contributed by atoms with Crippen molar-refractivity contribution in [1.29, 1.82) is 0 Å². The summed E-state index contributed by atoms with van der Waals surface area (Å²) in [5.74, 6) is 0.365. The fourth-order valence-corrected chi connectivity index (χ4v) is 1.39. The van der Waals surface area contributed by atoms with E-state index >= 15 is 0 Å². The predicted molar refractivity (Wildman–Crippen MR) is 56.8 cm³/mol. The smallest absolute Gasteiger partial charge is 0.227 e. The van der Waals surface area contributed by atoms with E-state index in [-0.39, 0.29) is 11.5 Å². The Balaban J connectivity index is 2.68. The maximum atomic E-state index is 11.3. The van der Waals surface area contributed by atoms with Crippen LogP contribution in [0.4, 0.5) is 0 Å². The van der Waals surface area contributed by atoms with Crippen molar-refractivity contribution in [2.24, 2.45) is 0 Å². The Hall–Kier alpha value is -2.03. The standard InChI is InChI=1S/C12H10O3/c1-8-7-10(13)11(14)12(15-8)9-5-3-2-4-6-9/h2-7,14H,1H3. The molecule has 1 heterocycles. The third kappa shape index (κ3) is 1.76. The molecule has 0 atom stereocenters. The Morgan fingerprint density at radius 2 is 1.87 bits per heavy atom. The van der Waals surface area contributed by atoms with E-state index in [0.29, 0.717) is 11.3 Å². The summed E-state index contributed by atoms with van der Waals surface area (Å²) in [7, 11) is 0. The molecule has 1 aromatic heterocycles. The number of hydrogen-bond acceptors (Lipinski definition) is 3. The van der Waals surface area contributed by atoms with E-state index in [4.69, 9.17) is 4.42 Å². The van der Waals surface area contributed by atoms with Crippen LogP contribution in [0.1, 0.15) is 5.76 Å². The first kappa shape index (κ1) is 9.52. The number of hydrogen-bond donors (Lipinski definition) is 1. The van der Waals surface area contributed by atoms with Gasteiger partial charge < -0.3 is 9.52 Å². The lowest BCUT2D eigenvalue weighted by Crippen LogP contribution is -2.00. The predicted octanol–water partition coefficient (Wildman–Crippen LogP) is 2.32. The van der Waals surface area contributed by atoms with Crippen LogP contribution in [0.2, 0.25) is 0 Å². The van der Waals surface area contributed by atoms with E-state index < -0.39 is 5.43 Å². The molecule has 0 aliphatic rings. The summed E-state index contributed by atoms with van der Waals surface area (Å²) in [5, 5.41) is 9.57. The lowest BCUT2D eigenvalue weighted by atomic mass is 10.1. The lowest BCUT2D eigenvalue weighted by Gasteiger charge is -2.03. The highest BCUT2D eigenvalue weighted by molar-refractivity contribution is 5.63. The molecule has 0 aliphatic carbocycles. The largest absolute Gasteiger partial charge is 0.502 e. The maximum Gasteiger partial charge on any atom is 0.227 e. The molecule has 0 amide bonds. The first-order chi connectivity index (χ1) is 7.18. The first-order valence-corrected chi connectivity index (χ1v) is 4.57. The van der Waals surface area contributed by atoms with Crippen molar-refractivity contribution < 1.29 is 9.52 Å². The van der Waals surface area contributed by atoms with Gasteiger partial charge in [-0.25, -0.2) is 0 Å². The third-order valence-corrected chi connectivity index (χ3v) is 2.08. The van der Waals surface area contributed by atoms with Gasteiger partial charge in [0.15, 0.2) is 5.76 Å². The van der Waals surface area contributed by atoms with Crippen LogP contribution in [0.15, 0.2) is 45.6 Å². The van der Waals surface area contributed by atoms with Gasteiger partial charge in [-0.05, 0) is 6.92 Å². The average Bonchev–Trinajstić information content (AvgIpc) is 2.24. The molecule has 0 saturated carbocycles. The van der Waals surface area contributed by atoms with E-state index in [1.165, 1.54) is 6.07 Å². The molecule has 76 valence electrons. The monoisotopic (exact) mass is 202 g/mol. The SMILES string of the molecule is Cc1cc(=O)c(O)c(-c2ccccc2)o1. The molecular weight excluding hydrogens is 192 g/mol. The zero-order valence-corrected chi connectivity index (χ0v) is 8.23. The zero-order valence-electron chi connectivity index (χ0n) is 8.23. The maximum absolute atomic E-state index is 11.3. The molecule has 2 aromatic rings. The second kappa shape index (κ2) is 3.61. The van der Waals surface area contributed by atoms with Gasteiger partial charge in [-0.3, -0.25) is 4.79 Å². The van der Waals surface area contributed by atoms with Crippen LogP contribution in [0.3, 0.4) is 0 Å². The summed E-state index contributed by atoms with van der Waals surface area (Å²) in [6.07, 6.45) is 0. The van der Waals surface area contributed by atoms with Crippen molar-refractivity contribution >= 4 is 0 Å². The zero-order chi connectivity index (χ0) is 10.8. The Morgan fingerprint density at radius 3 is 2.53 bits per heavy atom. The summed E-state index contributed by atoms with van der Waals surface area (Å²) in [6.45, 7) is 1.67. The van der Waals surface area contributed by atoms with Crippen LogP contribution in [0.25, 0.3) is 11.3 Å². The van der Waals surface area contributed by atoms with Crippen molar-refractivity contribution in [1.82, 2.24) is 0 Å². The number of benzene rings is 1. The van der Waals surface area contributed by atoms with Crippen LogP contribution in [0.5, 0.6) is 5.75 Å². The molecule has 0 spiro atoms. The van der Waals surface area contributed by atoms with Gasteiger partial charge >= 0.3 is 0 Å². The Kier molecular flexibility index (Phi) is 2.29. The second-order valence-corrected chi connectivity index (χ2v) is 3.27. The molecule has 2 rings (SSSR count). The van der Waals surface area contributed by atoms with Crippen LogP contribution >= 0.6 is 0 Å². The molecule has 0 aliphatic heterocycles. The molecule has 1 aromatic carbocycles. The molecule has 0 radical (unpaired) electrons. The Morgan fingerprint density at radius 1 is 1.20 bits per heavy atom. The summed E-state index contributed by atoms with van der Waals surface area (Å²) < 4.78 is 5.32. The van der Waals surface area contributed by atoms with E-state index in [0.717, 1.165) is 0 Å². The lowest BCUT2D eigenvalue weighted by molar-refractivity contribution is 0.430. The second-order valence-electron chi connectivity index (χ2n) is 3.27. The molecule has 0 bridgehead atoms. The molecule has 0 unspecified atom stereocenters. The quantitative estimate of drug-likeness (QED) is 0.772. The molecule has 15 heavy (non-hydrogen) atoms. The fraction of sp³-hybridized carbons (Fsp3) is 0.0833. The van der Waals surface area contributed by atoms with Crippen LogP contribution < -0.4 is 5.43 Å². The Bertz CT molecular complexity index is 526. The molecule has 0 saturated heterocycles. The van der Waals surface area contributed by atoms with Gasteiger partial charge in [0.05, 0.1) is 0 Å². The highest BCUT2D eigenvalue weighted by Gasteiger charge is 2.10. The van der Waals surface area contributed by atoms with Crippen molar-refractivity contribution in [2.75, 3.05) is 0 Å². The summed E-state index contributed by atoms with van der Waals surface area (Å²) in [6, 6.07) is 10.3. The summed E-state index contributed by atoms with van der Waals surface area (Å²) in [5.41, 5.74) is 0.272. The van der Waals surface area contributed by atoms with Gasteiger partial charge in [-0.1, -0.05) is 30.3 Å². The van der Waals surface area contributed by atoms with E-state index in [1.54, 1.807) is 19.1 Å². The molecule has 3 heteroatoms. The molecule has 0 fully saturated rings. The van der Waals surface area contributed by atoms with Gasteiger partial charge in [-0.15, -0.1) is 0 Å². The van der Waals surface area contributed by atoms with Crippen LogP contribution in [-0.2, 0) is 0 Å². The topological polar surface area (TPSA) is 50.4 Å². The van der Waals surface area contributed by atoms with Crippen molar-refractivity contribution in [2.45, 2.75) is 6.92 Å². The van der Waals surface area contributed by atoms with Gasteiger partial charge in [0.1, 0.15) is 5.76 Å². The summed E-state index contributed by atoms with van der Waals surface area (Å²) in [4.78, 5) is 11.3. The fourth-order valence-electron chi connectivity index (χ4n) is 1.39. The number of aryl methyl sites for hydroxylation is 1. The van der Waals surface area contributed by atoms with Crippen LogP contribution in [-0.4, -0.2) is 5.11 Å². The Labute approximate surface area is 86.6 Å². The first-order valence-electron chi connectivity index (χ1n) is 4.57. The van der Waals surface area contributed by atoms with E-state index in [9.17, 15) is 9.90 Å². The minimum absolute atomic E-state index is 0.223. The van der Waals surface area contributed by atoms with Crippen molar-refractivity contribution in [3.8, 4) is 17.1 Å². The van der Waals surface area contributed by atoms with Crippen LogP contribution in [0, 0.1) is 6.92 Å². The normalized spacial score (nSPS) is 10.2. The minimum Gasteiger partial charge on any atom is -0.502 e. The highest BCUT2D eigenvalue weighted by atomic mass is 16.4. The van der Waals surface area contributed by atoms with Crippen molar-refractivity contribution in [3.05, 3.63) is 52.4 Å². The van der Waals surface area contributed by atoms with Crippen molar-refractivity contribution in [3.63, 3.8) is 0 Å². The van der Waals surface area contributed by atoms with Gasteiger partial charge in [0.25, 0.3) is 0 Å². The molecule has 3 nitrogen and oxygen atoms in total. The summed E-state index contributed by atoms with van der Waals surface area (Å²) >= 11 is 0. The molecule has 1 N–H and O–H groups in total. The van der Waals surface area contributed by atoms with Gasteiger partial charge in [0, 0.05) is 11.6 Å². The average molecular weight is 202 g/mol. The van der Waals surface area contributed by atoms with Gasteiger partial charge in [-0.2, -0.15) is 0 Å². The molecular formula is C12H10O3. The highest BCUT2D eigenvalue weighted by Crippen LogP contribution is 2.26.